The molecule has 3 aromatic carbocycles. The van der Waals surface area contributed by atoms with Crippen LogP contribution in [0.25, 0.3) is 43.5 Å². The predicted molar refractivity (Wildman–Crippen MR) is 216 cm³/mol. The molecule has 2 saturated heterocycles. The van der Waals surface area contributed by atoms with Crippen LogP contribution in [0.2, 0.25) is 0 Å². The van der Waals surface area contributed by atoms with Crippen LogP contribution in [-0.2, 0) is 23.7 Å². The molecule has 0 amide bonds. The second kappa shape index (κ2) is 18.5. The zero-order valence-electron chi connectivity index (χ0n) is 33.5. The normalized spacial score (nSPS) is 28.9. The van der Waals surface area contributed by atoms with Gasteiger partial charge in [0.1, 0.15) is 46.4 Å². The number of aromatic hydroxyl groups is 1. The van der Waals surface area contributed by atoms with Crippen LogP contribution in [-0.4, -0.2) is 123 Å². The number of carboxylic acids is 1. The predicted octanol–water partition coefficient (Wildman–Crippen LogP) is 1.10. The second-order valence-electron chi connectivity index (χ2n) is 15.1. The van der Waals surface area contributed by atoms with E-state index in [-0.39, 0.29) is 81.1 Å². The minimum atomic E-state index is -3.07. The Labute approximate surface area is 350 Å². The van der Waals surface area contributed by atoms with E-state index in [2.05, 4.69) is 0 Å². The van der Waals surface area contributed by atoms with Gasteiger partial charge < -0.3 is 80.7 Å². The molecule has 0 spiro atoms. The van der Waals surface area contributed by atoms with E-state index >= 15 is 0 Å². The smallest absolute Gasteiger partial charge is 0.348 e. The third-order valence-corrected chi connectivity index (χ3v) is 11.1. The van der Waals surface area contributed by atoms with E-state index in [1.807, 2.05) is 0 Å². The fourth-order valence-corrected chi connectivity index (χ4v) is 7.66. The first kappa shape index (κ1) is 49.3. The minimum Gasteiger partial charge on any atom is -0.506 e. The summed E-state index contributed by atoms with van der Waals surface area (Å²) in [4.78, 5) is 36.9. The van der Waals surface area contributed by atoms with Crippen LogP contribution in [0.1, 0.15) is 39.2 Å². The number of aliphatic hydroxyl groups is 3. The first-order valence-corrected chi connectivity index (χ1v) is 18.6. The third-order valence-electron chi connectivity index (χ3n) is 11.1. The van der Waals surface area contributed by atoms with E-state index in [1.54, 1.807) is 32.0 Å². The van der Waals surface area contributed by atoms with E-state index in [4.69, 9.17) is 54.8 Å². The molecule has 338 valence electrons. The van der Waals surface area contributed by atoms with E-state index in [9.17, 15) is 43.6 Å². The monoisotopic (exact) mass is 889 g/mol. The molecule has 2 aliphatic heterocycles. The zero-order chi connectivity index (χ0) is 43.5. The number of phenols is 1. The van der Waals surface area contributed by atoms with Gasteiger partial charge in [-0.15, -0.1) is 12.4 Å². The number of methoxy groups -OCH3 is 1. The second-order valence-corrected chi connectivity index (χ2v) is 15.1. The number of alkyl halides is 2. The van der Waals surface area contributed by atoms with Gasteiger partial charge in [0.05, 0.1) is 29.0 Å². The molecule has 13 N–H and O–H groups in total. The molecule has 5 aromatic rings. The molecular weight excluding hydrogens is 840 g/mol. The maximum Gasteiger partial charge on any atom is 0.348 e. The molecule has 2 aliphatic rings. The maximum absolute atomic E-state index is 13.4. The lowest BCUT2D eigenvalue weighted by Crippen LogP contribution is -2.69. The first-order chi connectivity index (χ1) is 27.7. The van der Waals surface area contributed by atoms with E-state index in [0.29, 0.717) is 10.9 Å². The Balaban J connectivity index is 0.000000513. The fraction of sp³-hybridized carbons (Fsp3) is 0.513. The summed E-state index contributed by atoms with van der Waals surface area (Å²) in [7, 11) is 1.39. The number of aliphatic hydroxyl groups excluding tert-OH is 2. The maximum atomic E-state index is 13.4. The lowest BCUT2D eigenvalue weighted by Gasteiger charge is -2.50. The van der Waals surface area contributed by atoms with Crippen molar-refractivity contribution >= 4 is 61.9 Å². The summed E-state index contributed by atoms with van der Waals surface area (Å²) in [6.07, 6.45) is -12.4. The van der Waals surface area contributed by atoms with Gasteiger partial charge in [0.15, 0.2) is 23.5 Å². The van der Waals surface area contributed by atoms with Crippen molar-refractivity contribution in [3.63, 3.8) is 0 Å². The summed E-state index contributed by atoms with van der Waals surface area (Å²) < 4.78 is 65.5. The third kappa shape index (κ3) is 8.45. The van der Waals surface area contributed by atoms with Gasteiger partial charge in [0.25, 0.3) is 6.43 Å². The molecular formula is C39H50ClF2N3O16. The SMILES string of the molecule is CO[C@@H]1[C@@H](N)[C@@H](O[C@H]2[C@H](Oc3cccc4c(O)c5c(=O)oc6ccc(C)c7c(=O)oc(c34)c5c67)O[C@H](C)[C@H](O)[C@]2(C)O)O[C@H](C)[C@@H]1O.Cl.NCCCC(N)(C(=O)O)C(F)F.O. The van der Waals surface area contributed by atoms with Gasteiger partial charge in [0, 0.05) is 23.3 Å². The number of hydrogen-bond donors (Lipinski definition) is 8. The Morgan fingerprint density at radius 3 is 2.23 bits per heavy atom. The number of aliphatic carboxylic acids is 1. The average molecular weight is 890 g/mol. The number of halogens is 3. The molecule has 11 atom stereocenters. The lowest BCUT2D eigenvalue weighted by molar-refractivity contribution is -0.356. The molecule has 19 nitrogen and oxygen atoms in total. The van der Waals surface area contributed by atoms with Crippen molar-refractivity contribution in [2.75, 3.05) is 13.7 Å². The van der Waals surface area contributed by atoms with Crippen molar-refractivity contribution in [1.29, 1.82) is 0 Å². The van der Waals surface area contributed by atoms with Crippen LogP contribution >= 0.6 is 12.4 Å². The molecule has 61 heavy (non-hydrogen) atoms. The van der Waals surface area contributed by atoms with Crippen LogP contribution in [0.15, 0.2) is 48.8 Å². The van der Waals surface area contributed by atoms with Gasteiger partial charge in [-0.2, -0.15) is 0 Å². The van der Waals surface area contributed by atoms with Gasteiger partial charge >= 0.3 is 17.2 Å². The van der Waals surface area contributed by atoms with Crippen molar-refractivity contribution in [2.45, 2.75) is 113 Å². The van der Waals surface area contributed by atoms with Gasteiger partial charge in [0.2, 0.25) is 6.29 Å². The number of carboxylic acid groups (broad SMARTS) is 1. The Morgan fingerprint density at radius 2 is 1.62 bits per heavy atom. The average Bonchev–Trinajstić information content (AvgIpc) is 3.18. The molecule has 0 aliphatic carbocycles. The van der Waals surface area contributed by atoms with Crippen molar-refractivity contribution in [3.05, 3.63) is 56.7 Å². The molecule has 0 radical (unpaired) electrons. The summed E-state index contributed by atoms with van der Waals surface area (Å²) in [6, 6.07) is 6.77. The molecule has 2 aromatic heterocycles. The van der Waals surface area contributed by atoms with Gasteiger partial charge in [-0.05, 0) is 64.8 Å². The van der Waals surface area contributed by atoms with E-state index in [1.165, 1.54) is 33.1 Å². The highest BCUT2D eigenvalue weighted by atomic mass is 35.5. The number of hydrogen-bond acceptors (Lipinski definition) is 17. The molecule has 0 bridgehead atoms. The highest BCUT2D eigenvalue weighted by Gasteiger charge is 2.56. The summed E-state index contributed by atoms with van der Waals surface area (Å²) in [5.41, 5.74) is 11.1. The number of ether oxygens (including phenoxy) is 5. The number of nitrogens with two attached hydrogens (primary N) is 3. The van der Waals surface area contributed by atoms with Crippen molar-refractivity contribution in [2.24, 2.45) is 17.2 Å². The topological polar surface area (TPSA) is 334 Å². The largest absolute Gasteiger partial charge is 0.506 e. The van der Waals surface area contributed by atoms with E-state index in [0.717, 1.165) is 0 Å². The number of phenolic OH excluding ortho intramolecular Hbond substituents is 1. The van der Waals surface area contributed by atoms with Crippen LogP contribution < -0.4 is 33.2 Å². The van der Waals surface area contributed by atoms with Crippen molar-refractivity contribution in [3.8, 4) is 11.5 Å². The number of benzene rings is 3. The molecule has 22 heteroatoms. The summed E-state index contributed by atoms with van der Waals surface area (Å²) >= 11 is 0. The molecule has 1 unspecified atom stereocenters. The molecule has 4 heterocycles. The molecule has 0 saturated carbocycles. The number of carbonyl (C=O) groups is 1. The lowest BCUT2D eigenvalue weighted by atomic mass is 9.86. The molecule has 2 fully saturated rings. The first-order valence-electron chi connectivity index (χ1n) is 18.6. The van der Waals surface area contributed by atoms with Crippen LogP contribution in [0.3, 0.4) is 0 Å². The minimum absolute atomic E-state index is 0. The Kier molecular flexibility index (Phi) is 15.0. The van der Waals surface area contributed by atoms with Crippen LogP contribution in [0, 0.1) is 6.92 Å². The summed E-state index contributed by atoms with van der Waals surface area (Å²) in [5, 5.41) is 53.7. The van der Waals surface area contributed by atoms with Crippen LogP contribution in [0.5, 0.6) is 11.5 Å². The van der Waals surface area contributed by atoms with E-state index < -0.39 is 95.8 Å². The summed E-state index contributed by atoms with van der Waals surface area (Å²) in [6.45, 7) is 6.36. The molecule has 7 rings (SSSR count). The summed E-state index contributed by atoms with van der Waals surface area (Å²) in [5.74, 6) is -2.07. The Hall–Kier alpha value is -4.36. The zero-order valence-corrected chi connectivity index (χ0v) is 34.3. The number of fused-ring (bicyclic) bond motifs is 2. The van der Waals surface area contributed by atoms with Crippen molar-refractivity contribution < 1.29 is 77.1 Å². The van der Waals surface area contributed by atoms with Gasteiger partial charge in [-0.3, -0.25) is 0 Å². The van der Waals surface area contributed by atoms with Crippen molar-refractivity contribution in [1.82, 2.24) is 0 Å². The standard InChI is InChI=1S/C33H35NO13.C6H12F2N2O2.ClH.H2O/c1-11-9-10-16-19-17(11)29(38)46-25-18-14(24(36)21(20(19)25)30(39)44-16)7-6-8-15(18)45-32-28(33(4,40)27(37)13(3)43-32)47-31-22(34)26(41-5)23(35)12(2)42-31;7-4(8)6(10,5(11)12)2-1-3-9;;/h6-10,12-13,22-23,26-28,31-32,35-37,40H,34H2,1-5H3;4H,1-3,9-10H2,(H,11,12);1H;1H2/t12-,13-,22-,23+,26-,27+,28+,31-,32+,33+;;;/m1.../s1. The quantitative estimate of drug-likeness (QED) is 0.0553. The van der Waals surface area contributed by atoms with Gasteiger partial charge in [-0.25, -0.2) is 23.2 Å². The van der Waals surface area contributed by atoms with Crippen LogP contribution in [0.4, 0.5) is 8.78 Å². The Morgan fingerprint density at radius 1 is 0.984 bits per heavy atom. The highest BCUT2D eigenvalue weighted by molar-refractivity contribution is 6.28. The number of rotatable bonds is 10. The fourth-order valence-electron chi connectivity index (χ4n) is 7.66. The highest BCUT2D eigenvalue weighted by Crippen LogP contribution is 2.46. The number of aryl methyl sites for hydroxylation is 1. The van der Waals surface area contributed by atoms with Gasteiger partial charge in [-0.1, -0.05) is 18.2 Å². The Bertz CT molecular complexity index is 2470.